The van der Waals surface area contributed by atoms with Crippen molar-refractivity contribution in [2.24, 2.45) is 0 Å². The summed E-state index contributed by atoms with van der Waals surface area (Å²) < 4.78 is 0. The van der Waals surface area contributed by atoms with E-state index in [9.17, 15) is 9.59 Å². The van der Waals surface area contributed by atoms with Crippen LogP contribution < -0.4 is 16.1 Å². The molecule has 0 aliphatic rings. The Bertz CT molecular complexity index is 377. The average molecular weight is 184 g/mol. The highest BCUT2D eigenvalue weighted by Gasteiger charge is 2.07. The van der Waals surface area contributed by atoms with Crippen LogP contribution in [0.4, 0.5) is 5.82 Å². The number of hydrogen-bond acceptors (Lipinski definition) is 4. The van der Waals surface area contributed by atoms with Gasteiger partial charge in [-0.2, -0.15) is 0 Å². The first-order valence-corrected chi connectivity index (χ1v) is 4.13. The van der Waals surface area contributed by atoms with Crippen LogP contribution in [0.3, 0.4) is 0 Å². The standard InChI is InChI=1S/C7H12N4O2/c1-3-11(4-2)5-6(12)8-7(13)10-9-5/h3-4H2,1-2H3,(H2,8,10,12,13). The van der Waals surface area contributed by atoms with Crippen LogP contribution in [0.25, 0.3) is 0 Å². The zero-order valence-electron chi connectivity index (χ0n) is 7.63. The minimum Gasteiger partial charge on any atom is -0.351 e. The van der Waals surface area contributed by atoms with Gasteiger partial charge in [-0.25, -0.2) is 9.89 Å². The van der Waals surface area contributed by atoms with Gasteiger partial charge in [0.05, 0.1) is 0 Å². The van der Waals surface area contributed by atoms with Crippen molar-refractivity contribution < 1.29 is 0 Å². The molecule has 0 saturated heterocycles. The van der Waals surface area contributed by atoms with Gasteiger partial charge in [0.15, 0.2) is 0 Å². The van der Waals surface area contributed by atoms with Gasteiger partial charge in [0.2, 0.25) is 5.82 Å². The quantitative estimate of drug-likeness (QED) is 0.651. The highest BCUT2D eigenvalue weighted by Crippen LogP contribution is 1.97. The first-order chi connectivity index (χ1) is 6.19. The minimum absolute atomic E-state index is 0.254. The minimum atomic E-state index is -0.582. The van der Waals surface area contributed by atoms with Crippen molar-refractivity contribution in [3.05, 3.63) is 20.8 Å². The topological polar surface area (TPSA) is 81.8 Å². The first kappa shape index (κ1) is 9.50. The molecule has 6 nitrogen and oxygen atoms in total. The summed E-state index contributed by atoms with van der Waals surface area (Å²) in [5.41, 5.74) is -1.03. The number of anilines is 1. The van der Waals surface area contributed by atoms with Crippen molar-refractivity contribution in [1.29, 1.82) is 0 Å². The third kappa shape index (κ3) is 1.95. The van der Waals surface area contributed by atoms with Crippen LogP contribution in [0.2, 0.25) is 0 Å². The monoisotopic (exact) mass is 184 g/mol. The SMILES string of the molecule is CCN(CC)c1n[nH]c(=O)[nH]c1=O. The summed E-state index contributed by atoms with van der Waals surface area (Å²) in [7, 11) is 0. The van der Waals surface area contributed by atoms with E-state index >= 15 is 0 Å². The van der Waals surface area contributed by atoms with E-state index in [1.807, 2.05) is 13.8 Å². The summed E-state index contributed by atoms with van der Waals surface area (Å²) in [5, 5.41) is 5.85. The molecule has 6 heteroatoms. The van der Waals surface area contributed by atoms with Crippen LogP contribution in [-0.2, 0) is 0 Å². The smallest absolute Gasteiger partial charge is 0.342 e. The third-order valence-electron chi connectivity index (χ3n) is 1.76. The number of nitrogens with one attached hydrogen (secondary N) is 2. The van der Waals surface area contributed by atoms with Gasteiger partial charge >= 0.3 is 5.69 Å². The van der Waals surface area contributed by atoms with Crippen molar-refractivity contribution >= 4 is 5.82 Å². The molecule has 0 saturated carbocycles. The Balaban J connectivity index is 3.14. The molecule has 13 heavy (non-hydrogen) atoms. The fraction of sp³-hybridized carbons (Fsp3) is 0.571. The maximum Gasteiger partial charge on any atom is 0.342 e. The van der Waals surface area contributed by atoms with Gasteiger partial charge in [0.25, 0.3) is 5.56 Å². The van der Waals surface area contributed by atoms with Crippen molar-refractivity contribution in [3.8, 4) is 0 Å². The van der Waals surface area contributed by atoms with Gasteiger partial charge in [-0.05, 0) is 13.8 Å². The summed E-state index contributed by atoms with van der Waals surface area (Å²) in [5.74, 6) is 0.254. The van der Waals surface area contributed by atoms with E-state index in [0.717, 1.165) is 0 Å². The molecule has 0 amide bonds. The predicted octanol–water partition coefficient (Wildman–Crippen LogP) is -0.696. The molecule has 0 unspecified atom stereocenters. The largest absolute Gasteiger partial charge is 0.351 e. The second kappa shape index (κ2) is 3.88. The molecule has 2 N–H and O–H groups in total. The molecule has 0 atom stereocenters. The van der Waals surface area contributed by atoms with Gasteiger partial charge in [-0.1, -0.05) is 0 Å². The first-order valence-electron chi connectivity index (χ1n) is 4.13. The number of nitrogens with zero attached hydrogens (tertiary/aromatic N) is 2. The molecule has 72 valence electrons. The summed E-state index contributed by atoms with van der Waals surface area (Å²) >= 11 is 0. The van der Waals surface area contributed by atoms with Gasteiger partial charge in [-0.15, -0.1) is 5.10 Å². The highest BCUT2D eigenvalue weighted by molar-refractivity contribution is 5.33. The molecular formula is C7H12N4O2. The lowest BCUT2D eigenvalue weighted by Crippen LogP contribution is -2.34. The van der Waals surface area contributed by atoms with E-state index in [1.54, 1.807) is 4.90 Å². The van der Waals surface area contributed by atoms with Gasteiger partial charge in [0.1, 0.15) is 0 Å². The third-order valence-corrected chi connectivity index (χ3v) is 1.76. The van der Waals surface area contributed by atoms with Crippen LogP contribution in [0.15, 0.2) is 9.59 Å². The highest BCUT2D eigenvalue weighted by atomic mass is 16.2. The Hall–Kier alpha value is -1.59. The van der Waals surface area contributed by atoms with Crippen molar-refractivity contribution in [3.63, 3.8) is 0 Å². The van der Waals surface area contributed by atoms with Crippen molar-refractivity contribution in [1.82, 2.24) is 15.2 Å². The Kier molecular flexibility index (Phi) is 2.84. The summed E-state index contributed by atoms with van der Waals surface area (Å²) in [6, 6.07) is 0. The maximum atomic E-state index is 11.2. The number of H-pyrrole nitrogens is 2. The molecule has 0 fully saturated rings. The average Bonchev–Trinajstić information content (AvgIpc) is 2.10. The molecule has 1 aromatic heterocycles. The van der Waals surface area contributed by atoms with Gasteiger partial charge in [0, 0.05) is 13.1 Å². The van der Waals surface area contributed by atoms with Gasteiger partial charge in [-0.3, -0.25) is 9.78 Å². The Morgan fingerprint density at radius 1 is 1.31 bits per heavy atom. The maximum absolute atomic E-state index is 11.2. The number of aromatic amines is 2. The predicted molar refractivity (Wildman–Crippen MR) is 49.0 cm³/mol. The van der Waals surface area contributed by atoms with Crippen LogP contribution in [0.5, 0.6) is 0 Å². The fourth-order valence-electron chi connectivity index (χ4n) is 1.08. The second-order valence-corrected chi connectivity index (χ2v) is 2.50. The number of rotatable bonds is 3. The van der Waals surface area contributed by atoms with E-state index in [0.29, 0.717) is 13.1 Å². The number of aromatic nitrogens is 3. The lowest BCUT2D eigenvalue weighted by molar-refractivity contribution is 0.786. The fourth-order valence-corrected chi connectivity index (χ4v) is 1.08. The van der Waals surface area contributed by atoms with E-state index in [1.165, 1.54) is 0 Å². The molecule has 0 bridgehead atoms. The van der Waals surface area contributed by atoms with Gasteiger partial charge < -0.3 is 4.90 Å². The van der Waals surface area contributed by atoms with E-state index in [2.05, 4.69) is 15.2 Å². The normalized spacial score (nSPS) is 10.0. The summed E-state index contributed by atoms with van der Waals surface area (Å²) in [6.45, 7) is 5.18. The van der Waals surface area contributed by atoms with Crippen LogP contribution >= 0.6 is 0 Å². The molecule has 0 aliphatic carbocycles. The molecule has 1 aromatic rings. The van der Waals surface area contributed by atoms with Crippen molar-refractivity contribution in [2.45, 2.75) is 13.8 Å². The van der Waals surface area contributed by atoms with Crippen LogP contribution in [-0.4, -0.2) is 28.3 Å². The van der Waals surface area contributed by atoms with E-state index in [4.69, 9.17) is 0 Å². The van der Waals surface area contributed by atoms with Crippen LogP contribution in [0, 0.1) is 0 Å². The lowest BCUT2D eigenvalue weighted by Gasteiger charge is -2.16. The Morgan fingerprint density at radius 2 is 1.92 bits per heavy atom. The molecule has 1 heterocycles. The molecule has 0 aromatic carbocycles. The molecular weight excluding hydrogens is 172 g/mol. The van der Waals surface area contributed by atoms with Crippen LogP contribution in [0.1, 0.15) is 13.8 Å². The second-order valence-electron chi connectivity index (χ2n) is 2.50. The Labute approximate surface area is 74.6 Å². The lowest BCUT2D eigenvalue weighted by atomic mass is 10.5. The van der Waals surface area contributed by atoms with Crippen molar-refractivity contribution in [2.75, 3.05) is 18.0 Å². The molecule has 0 spiro atoms. The molecule has 0 radical (unpaired) electrons. The zero-order valence-corrected chi connectivity index (χ0v) is 7.63. The molecule has 0 aliphatic heterocycles. The van der Waals surface area contributed by atoms with E-state index in [-0.39, 0.29) is 5.82 Å². The number of hydrogen-bond donors (Lipinski definition) is 2. The molecule has 1 rings (SSSR count). The van der Waals surface area contributed by atoms with E-state index < -0.39 is 11.2 Å². The summed E-state index contributed by atoms with van der Waals surface area (Å²) in [4.78, 5) is 25.7. The summed E-state index contributed by atoms with van der Waals surface area (Å²) in [6.07, 6.45) is 0. The Morgan fingerprint density at radius 3 is 2.38 bits per heavy atom. The zero-order chi connectivity index (χ0) is 9.84.